The van der Waals surface area contributed by atoms with Crippen molar-refractivity contribution in [3.05, 3.63) is 57.5 Å². The maximum Gasteiger partial charge on any atom is 0.393 e. The van der Waals surface area contributed by atoms with Crippen LogP contribution in [0.4, 0.5) is 23.4 Å². The Kier molecular flexibility index (Phi) is 6.00. The van der Waals surface area contributed by atoms with Crippen molar-refractivity contribution in [2.45, 2.75) is 44.4 Å². The fraction of sp³-hybridized carbons (Fsp3) is 0.375. The summed E-state index contributed by atoms with van der Waals surface area (Å²) in [6.45, 7) is 2.22. The maximum atomic E-state index is 14.5. The topological polar surface area (TPSA) is 64.8 Å². The van der Waals surface area contributed by atoms with E-state index in [1.165, 1.54) is 12.4 Å². The smallest absolute Gasteiger partial charge is 0.367 e. The predicted molar refractivity (Wildman–Crippen MR) is 123 cm³/mol. The van der Waals surface area contributed by atoms with Crippen molar-refractivity contribution >= 4 is 33.4 Å². The highest BCUT2D eigenvalue weighted by Gasteiger charge is 2.29. The van der Waals surface area contributed by atoms with E-state index in [-0.39, 0.29) is 16.7 Å². The Labute approximate surface area is 197 Å². The van der Waals surface area contributed by atoms with E-state index in [1.54, 1.807) is 12.1 Å². The summed E-state index contributed by atoms with van der Waals surface area (Å²) < 4.78 is 52.8. The molecule has 34 heavy (non-hydrogen) atoms. The van der Waals surface area contributed by atoms with Crippen LogP contribution in [0.2, 0.25) is 0 Å². The lowest BCUT2D eigenvalue weighted by Gasteiger charge is -2.32. The van der Waals surface area contributed by atoms with Crippen molar-refractivity contribution in [1.82, 2.24) is 14.9 Å². The summed E-state index contributed by atoms with van der Waals surface area (Å²) in [6, 6.07) is 7.29. The lowest BCUT2D eigenvalue weighted by molar-refractivity contribution is -0.126. The van der Waals surface area contributed by atoms with Crippen molar-refractivity contribution in [1.29, 1.82) is 5.26 Å². The molecule has 1 aliphatic carbocycles. The van der Waals surface area contributed by atoms with Gasteiger partial charge in [0.25, 0.3) is 0 Å². The normalized spacial score (nSPS) is 17.0. The average Bonchev–Trinajstić information content (AvgIpc) is 3.38. The van der Waals surface area contributed by atoms with Crippen molar-refractivity contribution < 1.29 is 17.6 Å². The van der Waals surface area contributed by atoms with Crippen LogP contribution in [0.25, 0.3) is 16.3 Å². The third kappa shape index (κ3) is 4.91. The number of hydrogen-bond acceptors (Lipinski definition) is 6. The van der Waals surface area contributed by atoms with E-state index < -0.39 is 12.6 Å². The number of aromatic nitrogens is 2. The van der Waals surface area contributed by atoms with Gasteiger partial charge in [0.05, 0.1) is 17.9 Å². The summed E-state index contributed by atoms with van der Waals surface area (Å²) in [5.41, 5.74) is 2.83. The zero-order valence-electron chi connectivity index (χ0n) is 18.1. The van der Waals surface area contributed by atoms with E-state index in [4.69, 9.17) is 5.26 Å². The van der Waals surface area contributed by atoms with Gasteiger partial charge >= 0.3 is 6.18 Å². The number of nitriles is 1. The van der Waals surface area contributed by atoms with E-state index in [9.17, 15) is 17.6 Å². The van der Waals surface area contributed by atoms with Crippen LogP contribution >= 0.6 is 11.3 Å². The number of hydrogen-bond donors (Lipinski definition) is 1. The molecular weight excluding hydrogens is 466 g/mol. The SMILES string of the molecule is N#CC1=Cc2cc(CN3CCC(Nc4ncnc5sc(CC(F)(F)F)cc45)CC3)cc(F)c2C1. The van der Waals surface area contributed by atoms with Crippen LogP contribution in [-0.4, -0.2) is 40.2 Å². The first-order valence-corrected chi connectivity index (χ1v) is 11.8. The molecule has 1 aliphatic heterocycles. The first-order chi connectivity index (χ1) is 16.3. The molecule has 10 heteroatoms. The standard InChI is InChI=1S/C24H21F4N5S/c25-21-8-15(6-16-5-14(11-29)7-19(16)21)12-33-3-1-17(2-4-33)32-22-20-9-18(10-24(26,27)28)34-23(20)31-13-30-22/h5-6,8-9,13,17H,1-4,7,10,12H2,(H,30,31,32). The second kappa shape index (κ2) is 8.96. The molecule has 1 fully saturated rings. The van der Waals surface area contributed by atoms with Crippen LogP contribution in [0, 0.1) is 17.1 Å². The Morgan fingerprint density at radius 3 is 2.71 bits per heavy atom. The van der Waals surface area contributed by atoms with Gasteiger partial charge in [-0.1, -0.05) is 0 Å². The molecule has 0 unspecified atom stereocenters. The van der Waals surface area contributed by atoms with Gasteiger partial charge in [0.2, 0.25) is 0 Å². The first-order valence-electron chi connectivity index (χ1n) is 11.0. The highest BCUT2D eigenvalue weighted by atomic mass is 32.1. The molecule has 5 rings (SSSR count). The summed E-state index contributed by atoms with van der Waals surface area (Å²) in [7, 11) is 0. The second-order valence-electron chi connectivity index (χ2n) is 8.74. The van der Waals surface area contributed by atoms with Gasteiger partial charge in [0, 0.05) is 48.1 Å². The Morgan fingerprint density at radius 1 is 1.18 bits per heavy atom. The largest absolute Gasteiger partial charge is 0.393 e. The summed E-state index contributed by atoms with van der Waals surface area (Å²) in [6.07, 6.45) is -0.0815. The van der Waals surface area contributed by atoms with E-state index in [0.29, 0.717) is 40.1 Å². The number of halogens is 4. The third-order valence-electron chi connectivity index (χ3n) is 6.22. The zero-order valence-corrected chi connectivity index (χ0v) is 18.9. The lowest BCUT2D eigenvalue weighted by Crippen LogP contribution is -2.38. The van der Waals surface area contributed by atoms with Crippen LogP contribution in [0.1, 0.15) is 34.4 Å². The molecule has 0 bridgehead atoms. The minimum atomic E-state index is -4.26. The van der Waals surface area contributed by atoms with Gasteiger partial charge in [0.1, 0.15) is 22.8 Å². The molecule has 1 saturated heterocycles. The molecule has 1 aromatic carbocycles. The number of alkyl halides is 3. The molecule has 3 heterocycles. The minimum Gasteiger partial charge on any atom is -0.367 e. The minimum absolute atomic E-state index is 0.137. The molecule has 2 aromatic heterocycles. The van der Waals surface area contributed by atoms with E-state index in [1.807, 2.05) is 6.07 Å². The average molecular weight is 488 g/mol. The van der Waals surface area contributed by atoms with Crippen molar-refractivity contribution in [2.75, 3.05) is 18.4 Å². The molecule has 0 saturated carbocycles. The molecule has 0 atom stereocenters. The Morgan fingerprint density at radius 2 is 1.97 bits per heavy atom. The van der Waals surface area contributed by atoms with Crippen LogP contribution in [-0.2, 0) is 19.4 Å². The number of likely N-dealkylation sites (tertiary alicyclic amines) is 1. The number of fused-ring (bicyclic) bond motifs is 2. The molecule has 0 radical (unpaired) electrons. The first kappa shape index (κ1) is 22.7. The molecule has 0 amide bonds. The van der Waals surface area contributed by atoms with Gasteiger partial charge in [-0.2, -0.15) is 18.4 Å². The van der Waals surface area contributed by atoms with Crippen molar-refractivity contribution in [3.8, 4) is 6.07 Å². The Balaban J connectivity index is 1.21. The Bertz CT molecular complexity index is 1300. The molecule has 5 nitrogen and oxygen atoms in total. The second-order valence-corrected chi connectivity index (χ2v) is 9.86. The lowest BCUT2D eigenvalue weighted by atomic mass is 10.0. The predicted octanol–water partition coefficient (Wildman–Crippen LogP) is 5.47. The molecule has 176 valence electrons. The number of rotatable bonds is 5. The fourth-order valence-corrected chi connectivity index (χ4v) is 5.64. The number of allylic oxidation sites excluding steroid dienone is 1. The number of piperidine rings is 1. The van der Waals surface area contributed by atoms with Crippen LogP contribution in [0.3, 0.4) is 0 Å². The van der Waals surface area contributed by atoms with Gasteiger partial charge in [0.15, 0.2) is 0 Å². The van der Waals surface area contributed by atoms with Gasteiger partial charge in [-0.3, -0.25) is 4.90 Å². The fourth-order valence-electron chi connectivity index (χ4n) is 4.62. The van der Waals surface area contributed by atoms with Crippen LogP contribution < -0.4 is 5.32 Å². The Hall–Kier alpha value is -3.03. The van der Waals surface area contributed by atoms with Gasteiger partial charge in [-0.15, -0.1) is 11.3 Å². The zero-order chi connectivity index (χ0) is 23.9. The molecule has 1 N–H and O–H groups in total. The molecule has 2 aliphatic rings. The van der Waals surface area contributed by atoms with Gasteiger partial charge in [-0.05, 0) is 48.2 Å². The summed E-state index contributed by atoms with van der Waals surface area (Å²) >= 11 is 1.04. The van der Waals surface area contributed by atoms with E-state index in [0.717, 1.165) is 48.4 Å². The number of thiophene rings is 1. The van der Waals surface area contributed by atoms with Crippen LogP contribution in [0.15, 0.2) is 30.1 Å². The summed E-state index contributed by atoms with van der Waals surface area (Å²) in [5, 5.41) is 13.1. The highest BCUT2D eigenvalue weighted by Crippen LogP contribution is 2.33. The molecule has 3 aromatic rings. The van der Waals surface area contributed by atoms with Gasteiger partial charge < -0.3 is 5.32 Å². The monoisotopic (exact) mass is 487 g/mol. The number of nitrogens with one attached hydrogen (secondary N) is 1. The van der Waals surface area contributed by atoms with E-state index in [2.05, 4.69) is 26.3 Å². The van der Waals surface area contributed by atoms with Gasteiger partial charge in [-0.25, -0.2) is 14.4 Å². The molecular formula is C24H21F4N5S. The van der Waals surface area contributed by atoms with Crippen LogP contribution in [0.5, 0.6) is 0 Å². The van der Waals surface area contributed by atoms with E-state index >= 15 is 0 Å². The molecule has 0 spiro atoms. The maximum absolute atomic E-state index is 14.5. The number of benzene rings is 1. The summed E-state index contributed by atoms with van der Waals surface area (Å²) in [4.78, 5) is 11.4. The third-order valence-corrected chi connectivity index (χ3v) is 7.26. The quantitative estimate of drug-likeness (QED) is 0.483. The highest BCUT2D eigenvalue weighted by molar-refractivity contribution is 7.18. The van der Waals surface area contributed by atoms with Crippen molar-refractivity contribution in [2.24, 2.45) is 0 Å². The van der Waals surface area contributed by atoms with Crippen molar-refractivity contribution in [3.63, 3.8) is 0 Å². The number of nitrogens with zero attached hydrogens (tertiary/aromatic N) is 4. The number of anilines is 1. The summed E-state index contributed by atoms with van der Waals surface area (Å²) in [5.74, 6) is 0.299.